The topological polar surface area (TPSA) is 30.7 Å². The zero-order chi connectivity index (χ0) is 10.8. The van der Waals surface area contributed by atoms with Crippen LogP contribution in [0, 0.1) is 6.92 Å². The summed E-state index contributed by atoms with van der Waals surface area (Å²) in [6.07, 6.45) is 3.47. The number of aromatic nitrogens is 3. The van der Waals surface area contributed by atoms with Gasteiger partial charge in [-0.3, -0.25) is 4.68 Å². The molecule has 15 heavy (non-hydrogen) atoms. The normalized spacial score (nSPS) is 10.6. The molecule has 0 bridgehead atoms. The first-order valence-electron chi connectivity index (χ1n) is 4.45. The Morgan fingerprint density at radius 1 is 1.40 bits per heavy atom. The molecular weight excluding hydrogens is 233 g/mol. The minimum Gasteiger partial charge on any atom is -0.267 e. The summed E-state index contributed by atoms with van der Waals surface area (Å²) in [5.41, 5.74) is 1.88. The molecule has 2 aromatic heterocycles. The van der Waals surface area contributed by atoms with Gasteiger partial charge in [0.1, 0.15) is 5.15 Å². The molecule has 0 aliphatic rings. The Kier molecular flexibility index (Phi) is 2.93. The maximum Gasteiger partial charge on any atom is 0.129 e. The van der Waals surface area contributed by atoms with Gasteiger partial charge < -0.3 is 0 Å². The van der Waals surface area contributed by atoms with E-state index in [4.69, 9.17) is 23.2 Å². The maximum absolute atomic E-state index is 5.91. The Hall–Kier alpha value is -1.06. The maximum atomic E-state index is 5.91. The molecule has 0 unspecified atom stereocenters. The summed E-state index contributed by atoms with van der Waals surface area (Å²) < 4.78 is 1.78. The quantitative estimate of drug-likeness (QED) is 0.758. The van der Waals surface area contributed by atoms with Crippen LogP contribution in [0.1, 0.15) is 11.3 Å². The Bertz CT molecular complexity index is 460. The Labute approximate surface area is 97.7 Å². The van der Waals surface area contributed by atoms with Crippen molar-refractivity contribution in [1.82, 2.24) is 14.8 Å². The summed E-state index contributed by atoms with van der Waals surface area (Å²) >= 11 is 11.7. The van der Waals surface area contributed by atoms with Crippen LogP contribution in [0.5, 0.6) is 0 Å². The van der Waals surface area contributed by atoms with Gasteiger partial charge in [-0.15, -0.1) is 0 Å². The van der Waals surface area contributed by atoms with E-state index in [1.807, 2.05) is 19.1 Å². The minimum absolute atomic E-state index is 0.488. The fourth-order valence-corrected chi connectivity index (χ4v) is 1.65. The molecule has 0 spiro atoms. The first-order chi connectivity index (χ1) is 7.15. The summed E-state index contributed by atoms with van der Waals surface area (Å²) in [5.74, 6) is 0. The lowest BCUT2D eigenvalue weighted by Crippen LogP contribution is -2.00. The molecule has 0 atom stereocenters. The molecule has 2 rings (SSSR count). The summed E-state index contributed by atoms with van der Waals surface area (Å²) in [7, 11) is 0. The van der Waals surface area contributed by atoms with Gasteiger partial charge in [-0.05, 0) is 24.6 Å². The molecule has 0 radical (unpaired) electrons. The largest absolute Gasteiger partial charge is 0.267 e. The molecule has 0 N–H and O–H groups in total. The van der Waals surface area contributed by atoms with Gasteiger partial charge >= 0.3 is 0 Å². The SMILES string of the molecule is Cc1nn(Cc2ccnc(Cl)c2)cc1Cl. The highest BCUT2D eigenvalue weighted by molar-refractivity contribution is 6.31. The molecule has 0 aliphatic carbocycles. The fourth-order valence-electron chi connectivity index (χ4n) is 1.30. The second-order valence-corrected chi connectivity index (χ2v) is 4.04. The minimum atomic E-state index is 0.488. The number of halogens is 2. The van der Waals surface area contributed by atoms with E-state index in [-0.39, 0.29) is 0 Å². The third kappa shape index (κ3) is 2.49. The Balaban J connectivity index is 2.22. The van der Waals surface area contributed by atoms with Crippen molar-refractivity contribution in [3.63, 3.8) is 0 Å². The molecule has 78 valence electrons. The van der Waals surface area contributed by atoms with Crippen molar-refractivity contribution >= 4 is 23.2 Å². The van der Waals surface area contributed by atoms with E-state index in [0.717, 1.165) is 11.3 Å². The van der Waals surface area contributed by atoms with E-state index in [1.165, 1.54) is 0 Å². The van der Waals surface area contributed by atoms with Crippen molar-refractivity contribution < 1.29 is 0 Å². The highest BCUT2D eigenvalue weighted by Crippen LogP contribution is 2.14. The molecule has 5 heteroatoms. The van der Waals surface area contributed by atoms with Crippen LogP contribution in [-0.4, -0.2) is 14.8 Å². The van der Waals surface area contributed by atoms with Crippen LogP contribution in [0.2, 0.25) is 10.2 Å². The van der Waals surface area contributed by atoms with Gasteiger partial charge in [0, 0.05) is 12.4 Å². The third-order valence-electron chi connectivity index (χ3n) is 2.02. The predicted octanol–water partition coefficient (Wildman–Crippen LogP) is 2.94. The van der Waals surface area contributed by atoms with Crippen LogP contribution >= 0.6 is 23.2 Å². The molecular formula is C10H9Cl2N3. The van der Waals surface area contributed by atoms with Gasteiger partial charge in [-0.25, -0.2) is 4.98 Å². The van der Waals surface area contributed by atoms with Crippen LogP contribution in [0.25, 0.3) is 0 Å². The van der Waals surface area contributed by atoms with Crippen LogP contribution in [0.4, 0.5) is 0 Å². The number of hydrogen-bond acceptors (Lipinski definition) is 2. The second-order valence-electron chi connectivity index (χ2n) is 3.25. The summed E-state index contributed by atoms with van der Waals surface area (Å²) in [5, 5.41) is 5.42. The van der Waals surface area contributed by atoms with Crippen molar-refractivity contribution in [2.75, 3.05) is 0 Å². The highest BCUT2D eigenvalue weighted by Gasteiger charge is 2.02. The van der Waals surface area contributed by atoms with E-state index < -0.39 is 0 Å². The van der Waals surface area contributed by atoms with Crippen molar-refractivity contribution in [2.45, 2.75) is 13.5 Å². The lowest BCUT2D eigenvalue weighted by molar-refractivity contribution is 0.679. The molecule has 0 aliphatic heterocycles. The monoisotopic (exact) mass is 241 g/mol. The highest BCUT2D eigenvalue weighted by atomic mass is 35.5. The number of pyridine rings is 1. The van der Waals surface area contributed by atoms with E-state index >= 15 is 0 Å². The van der Waals surface area contributed by atoms with Crippen molar-refractivity contribution in [3.05, 3.63) is 46.0 Å². The van der Waals surface area contributed by atoms with Crippen LogP contribution in [-0.2, 0) is 6.54 Å². The number of hydrogen-bond donors (Lipinski definition) is 0. The molecule has 0 amide bonds. The second kappa shape index (κ2) is 4.21. The lowest BCUT2D eigenvalue weighted by atomic mass is 10.3. The average Bonchev–Trinajstić information content (AvgIpc) is 2.45. The first-order valence-corrected chi connectivity index (χ1v) is 5.21. The van der Waals surface area contributed by atoms with Gasteiger partial charge in [0.2, 0.25) is 0 Å². The van der Waals surface area contributed by atoms with Crippen molar-refractivity contribution in [1.29, 1.82) is 0 Å². The van der Waals surface area contributed by atoms with E-state index in [9.17, 15) is 0 Å². The Morgan fingerprint density at radius 2 is 2.20 bits per heavy atom. The standard InChI is InChI=1S/C10H9Cl2N3/c1-7-9(11)6-15(14-7)5-8-2-3-13-10(12)4-8/h2-4,6H,5H2,1H3. The predicted molar refractivity (Wildman–Crippen MR) is 60.3 cm³/mol. The van der Waals surface area contributed by atoms with Gasteiger partial charge in [0.05, 0.1) is 17.3 Å². The lowest BCUT2D eigenvalue weighted by Gasteiger charge is -2.01. The molecule has 0 fully saturated rings. The van der Waals surface area contributed by atoms with E-state index in [0.29, 0.717) is 16.7 Å². The zero-order valence-electron chi connectivity index (χ0n) is 8.11. The van der Waals surface area contributed by atoms with Gasteiger partial charge in [-0.1, -0.05) is 23.2 Å². The molecule has 2 aromatic rings. The van der Waals surface area contributed by atoms with Crippen LogP contribution in [0.3, 0.4) is 0 Å². The Morgan fingerprint density at radius 3 is 2.80 bits per heavy atom. The van der Waals surface area contributed by atoms with E-state index in [1.54, 1.807) is 17.1 Å². The molecule has 0 saturated carbocycles. The smallest absolute Gasteiger partial charge is 0.129 e. The third-order valence-corrected chi connectivity index (χ3v) is 2.60. The molecule has 3 nitrogen and oxygen atoms in total. The molecule has 0 saturated heterocycles. The van der Waals surface area contributed by atoms with Crippen LogP contribution < -0.4 is 0 Å². The summed E-state index contributed by atoms with van der Waals surface area (Å²) in [6.45, 7) is 2.52. The fraction of sp³-hybridized carbons (Fsp3) is 0.200. The zero-order valence-corrected chi connectivity index (χ0v) is 9.63. The number of aryl methyl sites for hydroxylation is 1. The van der Waals surface area contributed by atoms with Gasteiger partial charge in [0.25, 0.3) is 0 Å². The molecule has 0 aromatic carbocycles. The van der Waals surface area contributed by atoms with E-state index in [2.05, 4.69) is 10.1 Å². The first kappa shape index (κ1) is 10.5. The van der Waals surface area contributed by atoms with Gasteiger partial charge in [0.15, 0.2) is 0 Å². The average molecular weight is 242 g/mol. The van der Waals surface area contributed by atoms with Crippen molar-refractivity contribution in [2.24, 2.45) is 0 Å². The van der Waals surface area contributed by atoms with Crippen LogP contribution in [0.15, 0.2) is 24.5 Å². The summed E-state index contributed by atoms with van der Waals surface area (Å²) in [6, 6.07) is 3.71. The number of nitrogens with zero attached hydrogens (tertiary/aromatic N) is 3. The number of rotatable bonds is 2. The van der Waals surface area contributed by atoms with Crippen molar-refractivity contribution in [3.8, 4) is 0 Å². The summed E-state index contributed by atoms with van der Waals surface area (Å²) in [4.78, 5) is 3.91. The molecule has 2 heterocycles. The van der Waals surface area contributed by atoms with Gasteiger partial charge in [-0.2, -0.15) is 5.10 Å².